The van der Waals surface area contributed by atoms with E-state index in [0.717, 1.165) is 15.6 Å². The molecule has 0 bridgehead atoms. The Kier molecular flexibility index (Phi) is 8.00. The van der Waals surface area contributed by atoms with Crippen LogP contribution in [0.3, 0.4) is 0 Å². The van der Waals surface area contributed by atoms with E-state index in [9.17, 15) is 9.18 Å². The summed E-state index contributed by atoms with van der Waals surface area (Å²) in [5.41, 5.74) is 4.85. The Morgan fingerprint density at radius 3 is 2.52 bits per heavy atom. The Morgan fingerprint density at radius 2 is 1.81 bits per heavy atom. The van der Waals surface area contributed by atoms with Crippen molar-refractivity contribution in [3.05, 3.63) is 88.1 Å². The zero-order chi connectivity index (χ0) is 22.1. The number of nitrogens with one attached hydrogen (secondary N) is 2. The lowest BCUT2D eigenvalue weighted by atomic mass is 10.2. The smallest absolute Gasteiger partial charge is 0.259 e. The predicted octanol–water partition coefficient (Wildman–Crippen LogP) is 4.74. The van der Waals surface area contributed by atoms with Gasteiger partial charge in [0.15, 0.2) is 11.5 Å². The average Bonchev–Trinajstić information content (AvgIpc) is 2.78. The molecule has 3 aromatic carbocycles. The van der Waals surface area contributed by atoms with Gasteiger partial charge in [-0.2, -0.15) is 5.10 Å². The highest BCUT2D eigenvalue weighted by molar-refractivity contribution is 9.10. The first-order valence-electron chi connectivity index (χ1n) is 9.40. The third-order valence-corrected chi connectivity index (χ3v) is 4.72. The number of hydrazone groups is 1. The summed E-state index contributed by atoms with van der Waals surface area (Å²) >= 11 is 3.41. The van der Waals surface area contributed by atoms with Crippen molar-refractivity contribution in [3.8, 4) is 11.5 Å². The fraction of sp³-hybridized carbons (Fsp3) is 0.130. The lowest BCUT2D eigenvalue weighted by Crippen LogP contribution is -2.25. The molecule has 0 aliphatic heterocycles. The number of ether oxygens (including phenoxy) is 2. The number of hydrogen-bond donors (Lipinski definition) is 2. The van der Waals surface area contributed by atoms with Gasteiger partial charge in [-0.15, -0.1) is 0 Å². The van der Waals surface area contributed by atoms with Crippen LogP contribution in [0, 0.1) is 5.82 Å². The number of nitrogens with zero attached hydrogens (tertiary/aromatic N) is 1. The van der Waals surface area contributed by atoms with Crippen molar-refractivity contribution in [3.63, 3.8) is 0 Å². The molecule has 0 aliphatic rings. The normalized spacial score (nSPS) is 10.7. The zero-order valence-electron chi connectivity index (χ0n) is 16.8. The van der Waals surface area contributed by atoms with Crippen LogP contribution in [-0.2, 0) is 11.4 Å². The first-order valence-corrected chi connectivity index (χ1v) is 10.2. The van der Waals surface area contributed by atoms with Gasteiger partial charge >= 0.3 is 0 Å². The molecule has 2 N–H and O–H groups in total. The van der Waals surface area contributed by atoms with Crippen molar-refractivity contribution in [1.82, 2.24) is 5.43 Å². The first-order chi connectivity index (χ1) is 15.0. The van der Waals surface area contributed by atoms with E-state index in [2.05, 4.69) is 31.8 Å². The summed E-state index contributed by atoms with van der Waals surface area (Å²) in [5, 5.41) is 6.83. The molecular weight excluding hydrogens is 465 g/mol. The Hall–Kier alpha value is -3.39. The highest BCUT2D eigenvalue weighted by Crippen LogP contribution is 2.28. The fourth-order valence-electron chi connectivity index (χ4n) is 2.59. The van der Waals surface area contributed by atoms with Gasteiger partial charge < -0.3 is 14.8 Å². The molecule has 0 atom stereocenters. The Morgan fingerprint density at radius 1 is 1.06 bits per heavy atom. The van der Waals surface area contributed by atoms with Crippen LogP contribution < -0.4 is 20.2 Å². The van der Waals surface area contributed by atoms with Gasteiger partial charge in [0.05, 0.1) is 19.9 Å². The van der Waals surface area contributed by atoms with E-state index >= 15 is 0 Å². The molecule has 0 unspecified atom stereocenters. The maximum absolute atomic E-state index is 12.9. The van der Waals surface area contributed by atoms with Crippen LogP contribution in [0.25, 0.3) is 0 Å². The van der Waals surface area contributed by atoms with Gasteiger partial charge in [-0.1, -0.05) is 28.1 Å². The summed E-state index contributed by atoms with van der Waals surface area (Å²) in [4.78, 5) is 11.9. The molecule has 160 valence electrons. The molecule has 1 amide bonds. The number of hydrogen-bond acceptors (Lipinski definition) is 5. The molecule has 31 heavy (non-hydrogen) atoms. The van der Waals surface area contributed by atoms with E-state index < -0.39 is 0 Å². The summed E-state index contributed by atoms with van der Waals surface area (Å²) < 4.78 is 25.1. The number of carbonyl (C=O) groups is 1. The quantitative estimate of drug-likeness (QED) is 0.339. The second kappa shape index (κ2) is 11.1. The molecule has 3 aromatic rings. The molecule has 0 radical (unpaired) electrons. The molecule has 8 heteroatoms. The topological polar surface area (TPSA) is 72.0 Å². The molecule has 0 aromatic heterocycles. The summed E-state index contributed by atoms with van der Waals surface area (Å²) in [6.07, 6.45) is 1.51. The second-order valence-electron chi connectivity index (χ2n) is 6.48. The van der Waals surface area contributed by atoms with Crippen LogP contribution in [0.2, 0.25) is 0 Å². The lowest BCUT2D eigenvalue weighted by molar-refractivity contribution is -0.119. The number of anilines is 1. The standard InChI is InChI=1S/C23H21BrFN3O3/c1-30-22-12-17(4-11-21(22)31-15-16-2-5-18(24)6-3-16)13-27-28-23(29)14-26-20-9-7-19(25)8-10-20/h2-13,26H,14-15H2,1H3,(H,28,29)/b27-13-. The maximum Gasteiger partial charge on any atom is 0.259 e. The van der Waals surface area contributed by atoms with E-state index in [0.29, 0.717) is 23.8 Å². The van der Waals surface area contributed by atoms with Crippen molar-refractivity contribution >= 4 is 33.7 Å². The van der Waals surface area contributed by atoms with E-state index in [-0.39, 0.29) is 18.3 Å². The lowest BCUT2D eigenvalue weighted by Gasteiger charge is -2.11. The van der Waals surface area contributed by atoms with Crippen LogP contribution in [0.4, 0.5) is 10.1 Å². The van der Waals surface area contributed by atoms with Crippen LogP contribution in [0.1, 0.15) is 11.1 Å². The van der Waals surface area contributed by atoms with Crippen molar-refractivity contribution in [2.75, 3.05) is 19.0 Å². The van der Waals surface area contributed by atoms with Crippen molar-refractivity contribution < 1.29 is 18.7 Å². The van der Waals surface area contributed by atoms with Gasteiger partial charge in [0.25, 0.3) is 5.91 Å². The van der Waals surface area contributed by atoms with E-state index in [1.54, 1.807) is 31.4 Å². The van der Waals surface area contributed by atoms with Gasteiger partial charge in [-0.25, -0.2) is 9.82 Å². The van der Waals surface area contributed by atoms with Gasteiger partial charge in [0.2, 0.25) is 0 Å². The van der Waals surface area contributed by atoms with E-state index in [4.69, 9.17) is 9.47 Å². The summed E-state index contributed by atoms with van der Waals surface area (Å²) in [5.74, 6) is 0.502. The Bertz CT molecular complexity index is 1040. The minimum atomic E-state index is -0.334. The molecule has 0 spiro atoms. The first kappa shape index (κ1) is 22.3. The molecule has 0 fully saturated rings. The number of amides is 1. The Labute approximate surface area is 188 Å². The molecule has 6 nitrogen and oxygen atoms in total. The zero-order valence-corrected chi connectivity index (χ0v) is 18.4. The number of methoxy groups -OCH3 is 1. The summed E-state index contributed by atoms with van der Waals surface area (Å²) in [7, 11) is 1.56. The highest BCUT2D eigenvalue weighted by Gasteiger charge is 2.06. The molecule has 0 saturated carbocycles. The largest absolute Gasteiger partial charge is 0.493 e. The molecule has 0 saturated heterocycles. The van der Waals surface area contributed by atoms with Crippen molar-refractivity contribution in [2.45, 2.75) is 6.61 Å². The van der Waals surface area contributed by atoms with Crippen LogP contribution >= 0.6 is 15.9 Å². The van der Waals surface area contributed by atoms with Crippen molar-refractivity contribution in [1.29, 1.82) is 0 Å². The van der Waals surface area contributed by atoms with E-state index in [1.807, 2.05) is 30.3 Å². The van der Waals surface area contributed by atoms with Crippen LogP contribution in [-0.4, -0.2) is 25.8 Å². The highest BCUT2D eigenvalue weighted by atomic mass is 79.9. The number of halogens is 2. The monoisotopic (exact) mass is 485 g/mol. The third-order valence-electron chi connectivity index (χ3n) is 4.20. The average molecular weight is 486 g/mol. The van der Waals surface area contributed by atoms with E-state index in [1.165, 1.54) is 18.3 Å². The second-order valence-corrected chi connectivity index (χ2v) is 7.39. The van der Waals surface area contributed by atoms with Crippen LogP contribution in [0.15, 0.2) is 76.3 Å². The molecule has 3 rings (SSSR count). The van der Waals surface area contributed by atoms with Gasteiger partial charge in [-0.05, 0) is 65.7 Å². The maximum atomic E-state index is 12.9. The molecule has 0 heterocycles. The van der Waals surface area contributed by atoms with Crippen LogP contribution in [0.5, 0.6) is 11.5 Å². The summed E-state index contributed by atoms with van der Waals surface area (Å²) in [6.45, 7) is 0.420. The molecule has 0 aliphatic carbocycles. The van der Waals surface area contributed by atoms with Gasteiger partial charge in [0.1, 0.15) is 12.4 Å². The van der Waals surface area contributed by atoms with Gasteiger partial charge in [-0.3, -0.25) is 4.79 Å². The molecular formula is C23H21BrFN3O3. The van der Waals surface area contributed by atoms with Gasteiger partial charge in [0, 0.05) is 10.2 Å². The fourth-order valence-corrected chi connectivity index (χ4v) is 2.86. The SMILES string of the molecule is COc1cc(/C=N\NC(=O)CNc2ccc(F)cc2)ccc1OCc1ccc(Br)cc1. The minimum Gasteiger partial charge on any atom is -0.493 e. The summed E-state index contributed by atoms with van der Waals surface area (Å²) in [6, 6.07) is 19.0. The number of rotatable bonds is 9. The minimum absolute atomic E-state index is 0.00906. The number of carbonyl (C=O) groups excluding carboxylic acids is 1. The van der Waals surface area contributed by atoms with Crippen molar-refractivity contribution in [2.24, 2.45) is 5.10 Å². The third kappa shape index (κ3) is 7.11. The number of benzene rings is 3. The Balaban J connectivity index is 1.51. The predicted molar refractivity (Wildman–Crippen MR) is 122 cm³/mol.